The fourth-order valence-corrected chi connectivity index (χ4v) is 2.31. The van der Waals surface area contributed by atoms with Crippen molar-refractivity contribution in [3.8, 4) is 0 Å². The molecule has 0 aliphatic carbocycles. The summed E-state index contributed by atoms with van der Waals surface area (Å²) in [6, 6.07) is 6.47. The monoisotopic (exact) mass is 332 g/mol. The topological polar surface area (TPSA) is 127 Å². The summed E-state index contributed by atoms with van der Waals surface area (Å²) in [6.45, 7) is 1.59. The Labute approximate surface area is 137 Å². The zero-order valence-electron chi connectivity index (χ0n) is 12.9. The first-order valence-corrected chi connectivity index (χ1v) is 7.10. The van der Waals surface area contributed by atoms with Crippen LogP contribution in [0.15, 0.2) is 36.7 Å². The number of benzene rings is 1. The smallest absolute Gasteiger partial charge is 0.307 e. The second-order valence-corrected chi connectivity index (χ2v) is 5.23. The van der Waals surface area contributed by atoms with E-state index in [1.807, 2.05) is 19.1 Å². The van der Waals surface area contributed by atoms with Crippen molar-refractivity contribution >= 4 is 17.6 Å². The highest BCUT2D eigenvalue weighted by Gasteiger charge is 2.20. The van der Waals surface area contributed by atoms with Gasteiger partial charge in [-0.3, -0.25) is 24.4 Å². The molecule has 1 amide bonds. The Morgan fingerprint density at radius 3 is 2.71 bits per heavy atom. The van der Waals surface area contributed by atoms with Crippen molar-refractivity contribution < 1.29 is 19.6 Å². The van der Waals surface area contributed by atoms with Crippen molar-refractivity contribution in [3.05, 3.63) is 57.9 Å². The maximum atomic E-state index is 12.1. The molecule has 0 spiro atoms. The Hall–Kier alpha value is -3.23. The molecular weight excluding hydrogens is 316 g/mol. The largest absolute Gasteiger partial charge is 0.481 e. The van der Waals surface area contributed by atoms with Crippen LogP contribution >= 0.6 is 0 Å². The number of carboxylic acids is 1. The second kappa shape index (κ2) is 7.36. The first-order chi connectivity index (χ1) is 11.4. The molecule has 126 valence electrons. The van der Waals surface area contributed by atoms with Crippen molar-refractivity contribution in [3.63, 3.8) is 0 Å². The van der Waals surface area contributed by atoms with Crippen LogP contribution in [0.3, 0.4) is 0 Å². The summed E-state index contributed by atoms with van der Waals surface area (Å²) in [5.74, 6) is -1.53. The summed E-state index contributed by atoms with van der Waals surface area (Å²) < 4.78 is 1.13. The van der Waals surface area contributed by atoms with Gasteiger partial charge in [-0.05, 0) is 18.1 Å². The SMILES string of the molecule is Cc1ccccc1C(CC(=O)O)NC(=O)Cn1cc([N+](=O)[O-])cn1. The molecule has 1 atom stereocenters. The predicted molar refractivity (Wildman–Crippen MR) is 83.2 cm³/mol. The lowest BCUT2D eigenvalue weighted by molar-refractivity contribution is -0.385. The molecule has 24 heavy (non-hydrogen) atoms. The standard InChI is InChI=1S/C15H16N4O5/c1-10-4-2-3-5-12(10)13(6-15(21)22)17-14(20)9-18-8-11(7-16-18)19(23)24/h2-5,7-8,13H,6,9H2,1H3,(H,17,20)(H,21,22). The number of aliphatic carboxylic acids is 1. The zero-order valence-corrected chi connectivity index (χ0v) is 12.9. The minimum absolute atomic E-state index is 0.219. The molecule has 0 bridgehead atoms. The highest BCUT2D eigenvalue weighted by Crippen LogP contribution is 2.20. The van der Waals surface area contributed by atoms with Gasteiger partial charge in [-0.15, -0.1) is 0 Å². The average molecular weight is 332 g/mol. The Morgan fingerprint density at radius 1 is 1.42 bits per heavy atom. The lowest BCUT2D eigenvalue weighted by Crippen LogP contribution is -2.33. The number of carboxylic acid groups (broad SMARTS) is 1. The minimum atomic E-state index is -1.04. The normalized spacial score (nSPS) is 11.7. The fraction of sp³-hybridized carbons (Fsp3) is 0.267. The van der Waals surface area contributed by atoms with Gasteiger partial charge in [0.1, 0.15) is 18.9 Å². The summed E-state index contributed by atoms with van der Waals surface area (Å²) in [4.78, 5) is 33.2. The summed E-state index contributed by atoms with van der Waals surface area (Å²) in [6.07, 6.45) is 1.92. The molecule has 9 heteroatoms. The van der Waals surface area contributed by atoms with E-state index in [-0.39, 0.29) is 18.7 Å². The number of amides is 1. The number of nitrogens with zero attached hydrogens (tertiary/aromatic N) is 3. The molecule has 0 radical (unpaired) electrons. The lowest BCUT2D eigenvalue weighted by Gasteiger charge is -2.19. The van der Waals surface area contributed by atoms with Gasteiger partial charge in [0.25, 0.3) is 0 Å². The molecule has 1 unspecified atom stereocenters. The van der Waals surface area contributed by atoms with Crippen LogP contribution in [0, 0.1) is 17.0 Å². The van der Waals surface area contributed by atoms with Crippen molar-refractivity contribution in [2.75, 3.05) is 0 Å². The molecule has 0 fully saturated rings. The Kier molecular flexibility index (Phi) is 5.25. The van der Waals surface area contributed by atoms with Gasteiger partial charge in [0.05, 0.1) is 17.4 Å². The van der Waals surface area contributed by atoms with Gasteiger partial charge in [0.2, 0.25) is 5.91 Å². The van der Waals surface area contributed by atoms with E-state index in [4.69, 9.17) is 5.11 Å². The van der Waals surface area contributed by atoms with Gasteiger partial charge in [-0.1, -0.05) is 24.3 Å². The third-order valence-electron chi connectivity index (χ3n) is 3.41. The third kappa shape index (κ3) is 4.38. The van der Waals surface area contributed by atoms with E-state index in [0.29, 0.717) is 5.56 Å². The molecule has 0 aliphatic rings. The predicted octanol–water partition coefficient (Wildman–Crippen LogP) is 1.43. The highest BCUT2D eigenvalue weighted by atomic mass is 16.6. The molecule has 2 rings (SSSR count). The summed E-state index contributed by atoms with van der Waals surface area (Å²) in [7, 11) is 0. The molecule has 1 heterocycles. The van der Waals surface area contributed by atoms with Gasteiger partial charge >= 0.3 is 11.7 Å². The van der Waals surface area contributed by atoms with E-state index in [9.17, 15) is 19.7 Å². The van der Waals surface area contributed by atoms with Crippen LogP contribution in [-0.4, -0.2) is 31.7 Å². The van der Waals surface area contributed by atoms with Crippen LogP contribution in [0.2, 0.25) is 0 Å². The van der Waals surface area contributed by atoms with Gasteiger partial charge in [0, 0.05) is 0 Å². The number of carbonyl (C=O) groups is 2. The van der Waals surface area contributed by atoms with Gasteiger partial charge in [-0.25, -0.2) is 0 Å². The fourth-order valence-electron chi connectivity index (χ4n) is 2.31. The number of nitro groups is 1. The molecule has 0 saturated heterocycles. The van der Waals surface area contributed by atoms with E-state index in [2.05, 4.69) is 10.4 Å². The van der Waals surface area contributed by atoms with E-state index >= 15 is 0 Å². The number of rotatable bonds is 7. The van der Waals surface area contributed by atoms with Crippen molar-refractivity contribution in [2.24, 2.45) is 0 Å². The molecule has 0 aliphatic heterocycles. The summed E-state index contributed by atoms with van der Waals surface area (Å²) in [5, 5.41) is 26.0. The molecule has 2 aromatic rings. The van der Waals surface area contributed by atoms with Gasteiger partial charge in [-0.2, -0.15) is 5.10 Å². The quantitative estimate of drug-likeness (QED) is 0.583. The molecule has 0 saturated carbocycles. The molecule has 1 aromatic carbocycles. The van der Waals surface area contributed by atoms with Crippen LogP contribution in [0.5, 0.6) is 0 Å². The van der Waals surface area contributed by atoms with E-state index < -0.39 is 22.8 Å². The third-order valence-corrected chi connectivity index (χ3v) is 3.41. The lowest BCUT2D eigenvalue weighted by atomic mass is 9.99. The first kappa shape index (κ1) is 17.1. The van der Waals surface area contributed by atoms with Crippen molar-refractivity contribution in [1.82, 2.24) is 15.1 Å². The zero-order chi connectivity index (χ0) is 17.7. The van der Waals surface area contributed by atoms with Crippen LogP contribution in [0.4, 0.5) is 5.69 Å². The van der Waals surface area contributed by atoms with Crippen LogP contribution in [-0.2, 0) is 16.1 Å². The van der Waals surface area contributed by atoms with Crippen LogP contribution in [0.25, 0.3) is 0 Å². The van der Waals surface area contributed by atoms with Crippen LogP contribution < -0.4 is 5.32 Å². The second-order valence-electron chi connectivity index (χ2n) is 5.23. The number of carbonyl (C=O) groups excluding carboxylic acids is 1. The number of aromatic nitrogens is 2. The first-order valence-electron chi connectivity index (χ1n) is 7.10. The number of hydrogen-bond acceptors (Lipinski definition) is 5. The minimum Gasteiger partial charge on any atom is -0.481 e. The van der Waals surface area contributed by atoms with E-state index in [1.54, 1.807) is 12.1 Å². The number of nitrogens with one attached hydrogen (secondary N) is 1. The maximum absolute atomic E-state index is 12.1. The van der Waals surface area contributed by atoms with E-state index in [1.165, 1.54) is 0 Å². The Morgan fingerprint density at radius 2 is 2.12 bits per heavy atom. The molecule has 1 aromatic heterocycles. The van der Waals surface area contributed by atoms with E-state index in [0.717, 1.165) is 22.6 Å². The number of aryl methyl sites for hydroxylation is 1. The Bertz CT molecular complexity index is 771. The van der Waals surface area contributed by atoms with Gasteiger partial charge in [0.15, 0.2) is 0 Å². The van der Waals surface area contributed by atoms with Gasteiger partial charge < -0.3 is 10.4 Å². The molecule has 9 nitrogen and oxygen atoms in total. The number of hydrogen-bond donors (Lipinski definition) is 2. The highest BCUT2D eigenvalue weighted by molar-refractivity contribution is 5.77. The van der Waals surface area contributed by atoms with Crippen molar-refractivity contribution in [2.45, 2.75) is 25.9 Å². The van der Waals surface area contributed by atoms with Crippen molar-refractivity contribution in [1.29, 1.82) is 0 Å². The Balaban J connectivity index is 2.10. The molecular formula is C15H16N4O5. The average Bonchev–Trinajstić information content (AvgIpc) is 2.95. The molecule has 2 N–H and O–H groups in total. The van der Waals surface area contributed by atoms with Crippen LogP contribution in [0.1, 0.15) is 23.6 Å². The summed E-state index contributed by atoms with van der Waals surface area (Å²) >= 11 is 0. The summed E-state index contributed by atoms with van der Waals surface area (Å²) in [5.41, 5.74) is 1.35. The maximum Gasteiger partial charge on any atom is 0.307 e.